The lowest BCUT2D eigenvalue weighted by atomic mass is 10.1. The molecule has 0 bridgehead atoms. The van der Waals surface area contributed by atoms with Gasteiger partial charge in [-0.25, -0.2) is 8.42 Å². The number of halogens is 1. The van der Waals surface area contributed by atoms with Crippen molar-refractivity contribution >= 4 is 21.6 Å². The van der Waals surface area contributed by atoms with Crippen LogP contribution in [0.3, 0.4) is 0 Å². The van der Waals surface area contributed by atoms with Gasteiger partial charge < -0.3 is 0 Å². The minimum Gasteiger partial charge on any atom is -0.207 e. The second-order valence-corrected chi connectivity index (χ2v) is 7.34. The van der Waals surface area contributed by atoms with Crippen LogP contribution in [0.4, 0.5) is 0 Å². The second kappa shape index (κ2) is 5.81. The smallest absolute Gasteiger partial charge is 0.207 e. The normalized spacial score (nSPS) is 21.5. The van der Waals surface area contributed by atoms with Gasteiger partial charge in [0.2, 0.25) is 10.0 Å². The first-order valence-electron chi connectivity index (χ1n) is 6.64. The van der Waals surface area contributed by atoms with Crippen LogP contribution in [0, 0.1) is 6.92 Å². The zero-order valence-corrected chi connectivity index (χ0v) is 13.0. The molecule has 3 nitrogen and oxygen atoms in total. The van der Waals surface area contributed by atoms with Crippen LogP contribution in [-0.4, -0.2) is 25.3 Å². The Hall–Kier alpha value is -0.580. The van der Waals surface area contributed by atoms with Gasteiger partial charge in [0, 0.05) is 18.5 Å². The zero-order chi connectivity index (χ0) is 14.0. The fourth-order valence-corrected chi connectivity index (χ4v) is 4.63. The molecule has 1 aromatic carbocycles. The van der Waals surface area contributed by atoms with E-state index < -0.39 is 10.0 Å². The number of piperidine rings is 1. The third-order valence-corrected chi connectivity index (χ3v) is 6.10. The summed E-state index contributed by atoms with van der Waals surface area (Å²) in [6, 6.07) is 5.30. The van der Waals surface area contributed by atoms with E-state index in [2.05, 4.69) is 0 Å². The number of sulfonamides is 1. The summed E-state index contributed by atoms with van der Waals surface area (Å²) >= 11 is 5.81. The van der Waals surface area contributed by atoms with Crippen LogP contribution in [0.1, 0.15) is 37.3 Å². The monoisotopic (exact) mass is 301 g/mol. The van der Waals surface area contributed by atoms with Crippen molar-refractivity contribution < 1.29 is 8.42 Å². The quantitative estimate of drug-likeness (QED) is 0.803. The minimum atomic E-state index is -3.37. The van der Waals surface area contributed by atoms with Crippen LogP contribution in [0.15, 0.2) is 23.1 Å². The summed E-state index contributed by atoms with van der Waals surface area (Å²) in [5, 5.41) is 0. The summed E-state index contributed by atoms with van der Waals surface area (Å²) in [6.45, 7) is 4.51. The molecule has 0 aromatic heterocycles. The predicted molar refractivity (Wildman–Crippen MR) is 77.9 cm³/mol. The molecular formula is C14H20ClNO2S. The average Bonchev–Trinajstić information content (AvgIpc) is 2.39. The maximum atomic E-state index is 12.6. The predicted octanol–water partition coefficient (Wildman–Crippen LogP) is 3.30. The summed E-state index contributed by atoms with van der Waals surface area (Å²) in [7, 11) is -3.37. The van der Waals surface area contributed by atoms with Crippen molar-refractivity contribution in [2.75, 3.05) is 6.54 Å². The van der Waals surface area contributed by atoms with Gasteiger partial charge in [0.25, 0.3) is 0 Å². The van der Waals surface area contributed by atoms with Crippen LogP contribution in [-0.2, 0) is 15.9 Å². The molecule has 0 aliphatic carbocycles. The summed E-state index contributed by atoms with van der Waals surface area (Å²) in [5.74, 6) is 0.409. The fraction of sp³-hybridized carbons (Fsp3) is 0.571. The molecule has 106 valence electrons. The molecule has 1 aliphatic rings. The third-order valence-electron chi connectivity index (χ3n) is 3.81. The van der Waals surface area contributed by atoms with E-state index in [-0.39, 0.29) is 6.04 Å². The molecule has 5 heteroatoms. The van der Waals surface area contributed by atoms with E-state index >= 15 is 0 Å². The van der Waals surface area contributed by atoms with E-state index in [4.69, 9.17) is 11.6 Å². The van der Waals surface area contributed by atoms with Crippen molar-refractivity contribution in [1.29, 1.82) is 0 Å². The molecule has 0 saturated carbocycles. The molecule has 1 aromatic rings. The van der Waals surface area contributed by atoms with E-state index in [9.17, 15) is 8.42 Å². The number of rotatable bonds is 3. The molecule has 1 aliphatic heterocycles. The fourth-order valence-electron chi connectivity index (χ4n) is 2.54. The first-order valence-corrected chi connectivity index (χ1v) is 8.61. The van der Waals surface area contributed by atoms with Gasteiger partial charge in [-0.15, -0.1) is 11.6 Å². The van der Waals surface area contributed by atoms with Crippen LogP contribution >= 0.6 is 11.6 Å². The molecule has 0 amide bonds. The molecule has 0 spiro atoms. The Morgan fingerprint density at radius 2 is 2.11 bits per heavy atom. The zero-order valence-electron chi connectivity index (χ0n) is 11.4. The summed E-state index contributed by atoms with van der Waals surface area (Å²) in [6.07, 6.45) is 3.00. The molecule has 1 fully saturated rings. The minimum absolute atomic E-state index is 0.0896. The number of hydrogen-bond donors (Lipinski definition) is 0. The van der Waals surface area contributed by atoms with Crippen LogP contribution in [0.2, 0.25) is 0 Å². The van der Waals surface area contributed by atoms with Crippen molar-refractivity contribution in [2.45, 2.75) is 49.9 Å². The third kappa shape index (κ3) is 2.96. The average molecular weight is 302 g/mol. The summed E-state index contributed by atoms with van der Waals surface area (Å²) in [5.41, 5.74) is 1.91. The highest BCUT2D eigenvalue weighted by atomic mass is 35.5. The molecule has 2 rings (SSSR count). The Morgan fingerprint density at radius 3 is 2.68 bits per heavy atom. The highest BCUT2D eigenvalue weighted by molar-refractivity contribution is 7.89. The van der Waals surface area contributed by atoms with Gasteiger partial charge in [-0.05, 0) is 49.9 Å². The summed E-state index contributed by atoms with van der Waals surface area (Å²) < 4.78 is 26.9. The lowest BCUT2D eigenvalue weighted by molar-refractivity contribution is 0.268. The van der Waals surface area contributed by atoms with Gasteiger partial charge >= 0.3 is 0 Å². The van der Waals surface area contributed by atoms with E-state index in [1.807, 2.05) is 19.9 Å². The lowest BCUT2D eigenvalue weighted by Gasteiger charge is -2.32. The van der Waals surface area contributed by atoms with E-state index in [0.29, 0.717) is 17.3 Å². The number of hydrogen-bond acceptors (Lipinski definition) is 2. The van der Waals surface area contributed by atoms with E-state index in [1.165, 1.54) is 0 Å². The summed E-state index contributed by atoms with van der Waals surface area (Å²) in [4.78, 5) is 0.382. The van der Waals surface area contributed by atoms with E-state index in [0.717, 1.165) is 30.4 Å². The molecular weight excluding hydrogens is 282 g/mol. The SMILES string of the molecule is Cc1cc(S(=O)(=O)N2CCCCC2C)ccc1CCl. The van der Waals surface area contributed by atoms with Crippen molar-refractivity contribution in [1.82, 2.24) is 4.31 Å². The van der Waals surface area contributed by atoms with Crippen molar-refractivity contribution in [3.8, 4) is 0 Å². The molecule has 1 saturated heterocycles. The first-order chi connectivity index (χ1) is 8.96. The Balaban J connectivity index is 2.36. The molecule has 0 radical (unpaired) electrons. The second-order valence-electron chi connectivity index (χ2n) is 5.18. The van der Waals surface area contributed by atoms with Crippen LogP contribution in [0.25, 0.3) is 0 Å². The topological polar surface area (TPSA) is 37.4 Å². The molecule has 1 heterocycles. The van der Waals surface area contributed by atoms with Crippen LogP contribution in [0.5, 0.6) is 0 Å². The Kier molecular flexibility index (Phi) is 4.54. The highest BCUT2D eigenvalue weighted by Crippen LogP contribution is 2.26. The molecule has 1 atom stereocenters. The van der Waals surface area contributed by atoms with Crippen molar-refractivity contribution in [3.63, 3.8) is 0 Å². The van der Waals surface area contributed by atoms with Gasteiger partial charge in [-0.2, -0.15) is 4.31 Å². The molecule has 0 N–H and O–H groups in total. The van der Waals surface area contributed by atoms with Gasteiger partial charge in [0.1, 0.15) is 0 Å². The standard InChI is InChI=1S/C14H20ClNO2S/c1-11-9-14(7-6-13(11)10-15)19(17,18)16-8-4-3-5-12(16)2/h6-7,9,12H,3-5,8,10H2,1-2H3. The van der Waals surface area contributed by atoms with Crippen molar-refractivity contribution in [2.24, 2.45) is 0 Å². The maximum Gasteiger partial charge on any atom is 0.243 e. The molecule has 1 unspecified atom stereocenters. The Labute approximate surface area is 120 Å². The van der Waals surface area contributed by atoms with Crippen LogP contribution < -0.4 is 0 Å². The largest absolute Gasteiger partial charge is 0.243 e. The van der Waals surface area contributed by atoms with Gasteiger partial charge in [-0.3, -0.25) is 0 Å². The van der Waals surface area contributed by atoms with Gasteiger partial charge in [0.05, 0.1) is 4.90 Å². The number of nitrogens with zero attached hydrogens (tertiary/aromatic N) is 1. The lowest BCUT2D eigenvalue weighted by Crippen LogP contribution is -2.41. The van der Waals surface area contributed by atoms with Gasteiger partial charge in [0.15, 0.2) is 0 Å². The highest BCUT2D eigenvalue weighted by Gasteiger charge is 2.30. The van der Waals surface area contributed by atoms with Crippen molar-refractivity contribution in [3.05, 3.63) is 29.3 Å². The van der Waals surface area contributed by atoms with E-state index in [1.54, 1.807) is 16.4 Å². The Morgan fingerprint density at radius 1 is 1.37 bits per heavy atom. The molecule has 19 heavy (non-hydrogen) atoms. The van der Waals surface area contributed by atoms with Gasteiger partial charge in [-0.1, -0.05) is 12.5 Å². The Bertz CT molecular complexity index is 557. The first kappa shape index (κ1) is 14.8. The number of aryl methyl sites for hydroxylation is 1. The number of benzene rings is 1. The number of alkyl halides is 1. The maximum absolute atomic E-state index is 12.6.